The molecule has 0 saturated carbocycles. The number of benzene rings is 2. The van der Waals surface area contributed by atoms with Crippen molar-refractivity contribution in [2.75, 3.05) is 17.7 Å². The Morgan fingerprint density at radius 1 is 1.10 bits per heavy atom. The molecule has 0 saturated heterocycles. The highest BCUT2D eigenvalue weighted by molar-refractivity contribution is 5.84. The average molecular weight is 284 g/mol. The minimum absolute atomic E-state index is 0.470. The molecule has 0 heterocycles. The number of hydrogen-bond acceptors (Lipinski definition) is 3. The fraction of sp³-hybridized carbons (Fsp3) is 0.235. The van der Waals surface area contributed by atoms with E-state index in [9.17, 15) is 4.79 Å². The third kappa shape index (κ3) is 3.75. The molecule has 4 nitrogen and oxygen atoms in total. The Morgan fingerprint density at radius 2 is 1.76 bits per heavy atom. The van der Waals surface area contributed by atoms with E-state index in [-0.39, 0.29) is 0 Å². The van der Waals surface area contributed by atoms with Gasteiger partial charge in [0, 0.05) is 17.1 Å². The van der Waals surface area contributed by atoms with Crippen LogP contribution in [-0.2, 0) is 11.2 Å². The van der Waals surface area contributed by atoms with Crippen LogP contribution in [0.1, 0.15) is 18.1 Å². The number of aryl methyl sites for hydroxylation is 2. The lowest BCUT2D eigenvalue weighted by Crippen LogP contribution is -2.10. The fourth-order valence-electron chi connectivity index (χ4n) is 2.15. The summed E-state index contributed by atoms with van der Waals surface area (Å²) in [5.41, 5.74) is 5.33. The minimum atomic E-state index is -0.470. The summed E-state index contributed by atoms with van der Waals surface area (Å²) in [5.74, 6) is 0. The predicted molar refractivity (Wildman–Crippen MR) is 86.3 cm³/mol. The molecule has 0 aliphatic heterocycles. The first-order valence-corrected chi connectivity index (χ1v) is 6.94. The Balaban J connectivity index is 2.16. The molecule has 0 spiro atoms. The highest BCUT2D eigenvalue weighted by Gasteiger charge is 2.05. The normalized spacial score (nSPS) is 10.0. The van der Waals surface area contributed by atoms with E-state index in [0.717, 1.165) is 17.8 Å². The van der Waals surface area contributed by atoms with Crippen LogP contribution < -0.4 is 10.6 Å². The van der Waals surface area contributed by atoms with E-state index in [2.05, 4.69) is 47.4 Å². The number of hydrogen-bond donors (Lipinski definition) is 2. The van der Waals surface area contributed by atoms with Crippen molar-refractivity contribution in [1.29, 1.82) is 0 Å². The molecule has 2 rings (SSSR count). The molecule has 0 aliphatic rings. The van der Waals surface area contributed by atoms with Crippen molar-refractivity contribution in [3.8, 4) is 0 Å². The van der Waals surface area contributed by atoms with Gasteiger partial charge in [-0.05, 0) is 48.7 Å². The van der Waals surface area contributed by atoms with Gasteiger partial charge in [-0.3, -0.25) is 5.32 Å². The first-order chi connectivity index (χ1) is 10.1. The first-order valence-electron chi connectivity index (χ1n) is 6.94. The van der Waals surface area contributed by atoms with Gasteiger partial charge in [0.2, 0.25) is 0 Å². The number of rotatable bonds is 4. The van der Waals surface area contributed by atoms with Crippen molar-refractivity contribution in [2.24, 2.45) is 0 Å². The Labute approximate surface area is 125 Å². The van der Waals surface area contributed by atoms with Crippen LogP contribution >= 0.6 is 0 Å². The standard InChI is InChI=1S/C17H20N2O2/c1-4-13-7-5-6-12(2)16(13)18-14-8-10-15(11-9-14)19-17(20)21-3/h5-11,18H,4H2,1-3H3,(H,19,20). The molecule has 0 bridgehead atoms. The second-order valence-corrected chi connectivity index (χ2v) is 4.78. The van der Waals surface area contributed by atoms with Crippen LogP contribution in [0.3, 0.4) is 0 Å². The lowest BCUT2D eigenvalue weighted by atomic mass is 10.1. The maximum absolute atomic E-state index is 11.1. The third-order valence-corrected chi connectivity index (χ3v) is 3.33. The number of anilines is 3. The average Bonchev–Trinajstić information content (AvgIpc) is 2.51. The lowest BCUT2D eigenvalue weighted by Gasteiger charge is -2.14. The Hall–Kier alpha value is -2.49. The van der Waals surface area contributed by atoms with Gasteiger partial charge in [0.25, 0.3) is 0 Å². The zero-order valence-electron chi connectivity index (χ0n) is 12.6. The molecule has 1 amide bonds. The molecule has 2 aromatic carbocycles. The smallest absolute Gasteiger partial charge is 0.411 e. The molecular weight excluding hydrogens is 264 g/mol. The van der Waals surface area contributed by atoms with Gasteiger partial charge in [-0.25, -0.2) is 4.79 Å². The number of para-hydroxylation sites is 1. The molecule has 0 fully saturated rings. The van der Waals surface area contributed by atoms with Gasteiger partial charge in [-0.15, -0.1) is 0 Å². The van der Waals surface area contributed by atoms with E-state index >= 15 is 0 Å². The fourth-order valence-corrected chi connectivity index (χ4v) is 2.15. The third-order valence-electron chi connectivity index (χ3n) is 3.33. The molecule has 0 aromatic heterocycles. The zero-order valence-corrected chi connectivity index (χ0v) is 12.6. The maximum atomic E-state index is 11.1. The highest BCUT2D eigenvalue weighted by atomic mass is 16.5. The Kier molecular flexibility index (Phi) is 4.82. The molecule has 0 radical (unpaired) electrons. The molecule has 0 unspecified atom stereocenters. The van der Waals surface area contributed by atoms with Crippen LogP contribution in [0, 0.1) is 6.92 Å². The number of carbonyl (C=O) groups excluding carboxylic acids is 1. The summed E-state index contributed by atoms with van der Waals surface area (Å²) in [4.78, 5) is 11.1. The minimum Gasteiger partial charge on any atom is -0.453 e. The van der Waals surface area contributed by atoms with E-state index in [1.165, 1.54) is 18.2 Å². The molecule has 21 heavy (non-hydrogen) atoms. The van der Waals surface area contributed by atoms with E-state index in [1.54, 1.807) is 0 Å². The van der Waals surface area contributed by atoms with Gasteiger partial charge in [-0.1, -0.05) is 25.1 Å². The van der Waals surface area contributed by atoms with Crippen molar-refractivity contribution < 1.29 is 9.53 Å². The van der Waals surface area contributed by atoms with Gasteiger partial charge in [0.1, 0.15) is 0 Å². The number of ether oxygens (including phenoxy) is 1. The second-order valence-electron chi connectivity index (χ2n) is 4.78. The molecular formula is C17H20N2O2. The van der Waals surface area contributed by atoms with E-state index in [4.69, 9.17) is 0 Å². The summed E-state index contributed by atoms with van der Waals surface area (Å²) >= 11 is 0. The molecule has 2 N–H and O–H groups in total. The summed E-state index contributed by atoms with van der Waals surface area (Å²) in [6.45, 7) is 4.23. The van der Waals surface area contributed by atoms with Crippen LogP contribution in [0.15, 0.2) is 42.5 Å². The highest BCUT2D eigenvalue weighted by Crippen LogP contribution is 2.26. The Bertz CT molecular complexity index is 621. The second kappa shape index (κ2) is 6.79. The van der Waals surface area contributed by atoms with Crippen molar-refractivity contribution in [3.05, 3.63) is 53.6 Å². The first kappa shape index (κ1) is 14.9. The molecule has 0 aliphatic carbocycles. The zero-order chi connectivity index (χ0) is 15.2. The maximum Gasteiger partial charge on any atom is 0.411 e. The van der Waals surface area contributed by atoms with Crippen LogP contribution in [0.25, 0.3) is 0 Å². The summed E-state index contributed by atoms with van der Waals surface area (Å²) in [7, 11) is 1.34. The van der Waals surface area contributed by atoms with E-state index < -0.39 is 6.09 Å². The van der Waals surface area contributed by atoms with Gasteiger partial charge < -0.3 is 10.1 Å². The van der Waals surface area contributed by atoms with Crippen molar-refractivity contribution >= 4 is 23.2 Å². The van der Waals surface area contributed by atoms with Crippen molar-refractivity contribution in [3.63, 3.8) is 0 Å². The Morgan fingerprint density at radius 3 is 2.38 bits per heavy atom. The van der Waals surface area contributed by atoms with Gasteiger partial charge in [0.05, 0.1) is 7.11 Å². The predicted octanol–water partition coefficient (Wildman–Crippen LogP) is 4.48. The van der Waals surface area contributed by atoms with Crippen LogP contribution in [-0.4, -0.2) is 13.2 Å². The number of methoxy groups -OCH3 is 1. The van der Waals surface area contributed by atoms with Gasteiger partial charge >= 0.3 is 6.09 Å². The largest absolute Gasteiger partial charge is 0.453 e. The lowest BCUT2D eigenvalue weighted by molar-refractivity contribution is 0.187. The summed E-state index contributed by atoms with van der Waals surface area (Å²) < 4.78 is 4.56. The molecule has 4 heteroatoms. The van der Waals surface area contributed by atoms with Gasteiger partial charge in [-0.2, -0.15) is 0 Å². The topological polar surface area (TPSA) is 50.4 Å². The quantitative estimate of drug-likeness (QED) is 0.870. The summed E-state index contributed by atoms with van der Waals surface area (Å²) in [5, 5.41) is 6.07. The van der Waals surface area contributed by atoms with Gasteiger partial charge in [0.15, 0.2) is 0 Å². The molecule has 2 aromatic rings. The SMILES string of the molecule is CCc1cccc(C)c1Nc1ccc(NC(=O)OC)cc1. The van der Waals surface area contributed by atoms with Crippen molar-refractivity contribution in [1.82, 2.24) is 0 Å². The van der Waals surface area contributed by atoms with Crippen molar-refractivity contribution in [2.45, 2.75) is 20.3 Å². The summed E-state index contributed by atoms with van der Waals surface area (Å²) in [6, 6.07) is 13.8. The summed E-state index contributed by atoms with van der Waals surface area (Å²) in [6.07, 6.45) is 0.509. The van der Waals surface area contributed by atoms with E-state index in [0.29, 0.717) is 5.69 Å². The number of nitrogens with one attached hydrogen (secondary N) is 2. The monoisotopic (exact) mass is 284 g/mol. The van der Waals surface area contributed by atoms with Crippen LogP contribution in [0.2, 0.25) is 0 Å². The van der Waals surface area contributed by atoms with Crippen LogP contribution in [0.5, 0.6) is 0 Å². The van der Waals surface area contributed by atoms with E-state index in [1.807, 2.05) is 24.3 Å². The number of carbonyl (C=O) groups is 1. The van der Waals surface area contributed by atoms with Crippen LogP contribution in [0.4, 0.5) is 21.9 Å². The molecule has 110 valence electrons. The number of amides is 1. The molecule has 0 atom stereocenters.